The van der Waals surface area contributed by atoms with E-state index in [0.717, 1.165) is 12.0 Å². The van der Waals surface area contributed by atoms with Crippen molar-refractivity contribution in [1.29, 1.82) is 0 Å². The van der Waals surface area contributed by atoms with Crippen LogP contribution in [0.5, 0.6) is 0 Å². The summed E-state index contributed by atoms with van der Waals surface area (Å²) in [6, 6.07) is 4.04. The van der Waals surface area contributed by atoms with Crippen molar-refractivity contribution in [2.45, 2.75) is 12.8 Å². The molecule has 4 heteroatoms. The fraction of sp³-hybridized carbons (Fsp3) is 0.182. The normalized spacial score (nSPS) is 10.5. The first-order valence-electron chi connectivity index (χ1n) is 4.54. The Morgan fingerprint density at radius 2 is 2.27 bits per heavy atom. The van der Waals surface area contributed by atoms with Gasteiger partial charge in [0.1, 0.15) is 0 Å². The van der Waals surface area contributed by atoms with Gasteiger partial charge in [0.2, 0.25) is 0 Å². The highest BCUT2D eigenvalue weighted by atomic mass is 127. The number of hydrogen-bond donors (Lipinski definition) is 0. The summed E-state index contributed by atoms with van der Waals surface area (Å²) >= 11 is 5.55. The highest BCUT2D eigenvalue weighted by molar-refractivity contribution is 14.1. The molecule has 0 aromatic carbocycles. The van der Waals surface area contributed by atoms with Crippen molar-refractivity contribution in [1.82, 2.24) is 0 Å². The summed E-state index contributed by atoms with van der Waals surface area (Å²) in [5.41, 5.74) is 2.12. The Morgan fingerprint density at radius 1 is 1.40 bits per heavy atom. The predicted molar refractivity (Wildman–Crippen MR) is 74.0 cm³/mol. The summed E-state index contributed by atoms with van der Waals surface area (Å²) in [4.78, 5) is 11.8. The standard InChI is InChI=1S/C11H9IOS2/c12-11-5-9(7-15-11)10(13)2-1-8-3-4-14-6-8/h3-7H,1-2H2. The molecule has 2 aromatic rings. The van der Waals surface area contributed by atoms with E-state index in [1.807, 2.05) is 16.8 Å². The third kappa shape index (κ3) is 3.12. The van der Waals surface area contributed by atoms with Crippen molar-refractivity contribution in [3.63, 3.8) is 0 Å². The minimum Gasteiger partial charge on any atom is -0.294 e. The number of carbonyl (C=O) groups is 1. The number of carbonyl (C=O) groups excluding carboxylic acids is 1. The van der Waals surface area contributed by atoms with Gasteiger partial charge in [-0.1, -0.05) is 0 Å². The third-order valence-corrected chi connectivity index (χ3v) is 4.63. The van der Waals surface area contributed by atoms with E-state index >= 15 is 0 Å². The Kier molecular flexibility index (Phi) is 3.93. The van der Waals surface area contributed by atoms with Gasteiger partial charge in [-0.15, -0.1) is 11.3 Å². The second-order valence-corrected chi connectivity index (χ2v) is 6.78. The van der Waals surface area contributed by atoms with Gasteiger partial charge in [0, 0.05) is 17.4 Å². The minimum atomic E-state index is 0.250. The van der Waals surface area contributed by atoms with E-state index in [-0.39, 0.29) is 5.78 Å². The molecule has 0 unspecified atom stereocenters. The first kappa shape index (κ1) is 11.3. The molecule has 2 aromatic heterocycles. The van der Waals surface area contributed by atoms with E-state index in [4.69, 9.17) is 0 Å². The molecule has 0 bridgehead atoms. The van der Waals surface area contributed by atoms with Crippen LogP contribution in [0.3, 0.4) is 0 Å². The molecular formula is C11H9IOS2. The number of aryl methyl sites for hydroxylation is 1. The van der Waals surface area contributed by atoms with Crippen molar-refractivity contribution < 1.29 is 4.79 Å². The van der Waals surface area contributed by atoms with E-state index in [2.05, 4.69) is 34.0 Å². The van der Waals surface area contributed by atoms with Gasteiger partial charge in [-0.2, -0.15) is 11.3 Å². The molecule has 1 nitrogen and oxygen atoms in total. The lowest BCUT2D eigenvalue weighted by molar-refractivity contribution is 0.0983. The molecule has 0 radical (unpaired) electrons. The SMILES string of the molecule is O=C(CCc1ccsc1)c1csc(I)c1. The van der Waals surface area contributed by atoms with Crippen LogP contribution in [0.1, 0.15) is 22.3 Å². The number of halogens is 1. The lowest BCUT2D eigenvalue weighted by atomic mass is 10.1. The van der Waals surface area contributed by atoms with Crippen LogP contribution in [0, 0.1) is 2.88 Å². The van der Waals surface area contributed by atoms with Crippen molar-refractivity contribution in [2.24, 2.45) is 0 Å². The van der Waals surface area contributed by atoms with Crippen LogP contribution in [0.25, 0.3) is 0 Å². The Morgan fingerprint density at radius 3 is 2.87 bits per heavy atom. The summed E-state index contributed by atoms with van der Waals surface area (Å²) in [6.07, 6.45) is 1.47. The maximum atomic E-state index is 11.8. The number of rotatable bonds is 4. The van der Waals surface area contributed by atoms with Gasteiger partial charge in [0.05, 0.1) is 2.88 Å². The fourth-order valence-corrected chi connectivity index (χ4v) is 3.35. The molecule has 2 rings (SSSR count). The maximum absolute atomic E-state index is 11.8. The quantitative estimate of drug-likeness (QED) is 0.597. The molecule has 78 valence electrons. The number of thiophene rings is 2. The summed E-state index contributed by atoms with van der Waals surface area (Å²) in [6.45, 7) is 0. The smallest absolute Gasteiger partial charge is 0.164 e. The fourth-order valence-electron chi connectivity index (χ4n) is 1.29. The molecule has 0 aliphatic heterocycles. The van der Waals surface area contributed by atoms with E-state index in [0.29, 0.717) is 6.42 Å². The average molecular weight is 348 g/mol. The zero-order chi connectivity index (χ0) is 10.7. The van der Waals surface area contributed by atoms with Crippen LogP contribution in [-0.2, 0) is 6.42 Å². The van der Waals surface area contributed by atoms with Crippen LogP contribution in [0.2, 0.25) is 0 Å². The molecule has 0 aliphatic carbocycles. The lowest BCUT2D eigenvalue weighted by Crippen LogP contribution is -1.98. The number of Topliss-reactive ketones (excluding diaryl/α,β-unsaturated/α-hetero) is 1. The highest BCUT2D eigenvalue weighted by Gasteiger charge is 2.08. The first-order valence-corrected chi connectivity index (χ1v) is 7.44. The molecule has 0 atom stereocenters. The van der Waals surface area contributed by atoms with Crippen molar-refractivity contribution in [3.05, 3.63) is 42.3 Å². The number of ketones is 1. The zero-order valence-corrected chi connectivity index (χ0v) is 11.7. The highest BCUT2D eigenvalue weighted by Crippen LogP contribution is 2.19. The molecule has 0 N–H and O–H groups in total. The summed E-state index contributed by atoms with van der Waals surface area (Å²) in [5, 5.41) is 6.09. The van der Waals surface area contributed by atoms with Gasteiger partial charge in [-0.05, 0) is 57.5 Å². The summed E-state index contributed by atoms with van der Waals surface area (Å²) < 4.78 is 1.17. The van der Waals surface area contributed by atoms with Crippen LogP contribution in [-0.4, -0.2) is 5.78 Å². The second-order valence-electron chi connectivity index (χ2n) is 3.19. The van der Waals surface area contributed by atoms with Gasteiger partial charge >= 0.3 is 0 Å². The molecule has 0 saturated carbocycles. The molecule has 0 saturated heterocycles. The Bertz CT molecular complexity index is 445. The number of hydrogen-bond acceptors (Lipinski definition) is 3. The van der Waals surface area contributed by atoms with E-state index in [1.54, 1.807) is 22.7 Å². The summed E-state index contributed by atoms with van der Waals surface area (Å²) in [7, 11) is 0. The van der Waals surface area contributed by atoms with Gasteiger partial charge < -0.3 is 0 Å². The Balaban J connectivity index is 1.93. The molecular weight excluding hydrogens is 339 g/mol. The summed E-state index contributed by atoms with van der Waals surface area (Å²) in [5.74, 6) is 0.250. The third-order valence-electron chi connectivity index (χ3n) is 2.11. The van der Waals surface area contributed by atoms with Crippen LogP contribution >= 0.6 is 45.3 Å². The van der Waals surface area contributed by atoms with E-state index < -0.39 is 0 Å². The molecule has 15 heavy (non-hydrogen) atoms. The molecule has 0 amide bonds. The minimum absolute atomic E-state index is 0.250. The molecule has 0 aliphatic rings. The lowest BCUT2D eigenvalue weighted by Gasteiger charge is -1.96. The van der Waals surface area contributed by atoms with Crippen molar-refractivity contribution in [2.75, 3.05) is 0 Å². The first-order chi connectivity index (χ1) is 7.25. The van der Waals surface area contributed by atoms with Crippen LogP contribution in [0.15, 0.2) is 28.3 Å². The topological polar surface area (TPSA) is 17.1 Å². The molecule has 0 spiro atoms. The van der Waals surface area contributed by atoms with Crippen molar-refractivity contribution in [3.8, 4) is 0 Å². The van der Waals surface area contributed by atoms with Crippen LogP contribution in [0.4, 0.5) is 0 Å². The largest absolute Gasteiger partial charge is 0.294 e. The van der Waals surface area contributed by atoms with Crippen LogP contribution < -0.4 is 0 Å². The predicted octanol–water partition coefficient (Wildman–Crippen LogP) is 4.23. The van der Waals surface area contributed by atoms with Gasteiger partial charge in [0.25, 0.3) is 0 Å². The molecule has 0 fully saturated rings. The maximum Gasteiger partial charge on any atom is 0.164 e. The van der Waals surface area contributed by atoms with E-state index in [9.17, 15) is 4.79 Å². The van der Waals surface area contributed by atoms with E-state index in [1.165, 1.54) is 8.45 Å². The van der Waals surface area contributed by atoms with Gasteiger partial charge in [0.15, 0.2) is 5.78 Å². The Labute approximate surface area is 110 Å². The zero-order valence-electron chi connectivity index (χ0n) is 7.90. The van der Waals surface area contributed by atoms with Gasteiger partial charge in [-0.3, -0.25) is 4.79 Å². The Hall–Kier alpha value is -0.200. The monoisotopic (exact) mass is 348 g/mol. The van der Waals surface area contributed by atoms with Gasteiger partial charge in [-0.25, -0.2) is 0 Å². The van der Waals surface area contributed by atoms with Crippen molar-refractivity contribution >= 4 is 51.0 Å². The average Bonchev–Trinajstić information content (AvgIpc) is 2.84. The second kappa shape index (κ2) is 5.23. The molecule has 2 heterocycles.